The molecule has 0 radical (unpaired) electrons. The van der Waals surface area contributed by atoms with E-state index in [9.17, 15) is 9.59 Å². The summed E-state index contributed by atoms with van der Waals surface area (Å²) in [6.07, 6.45) is 0.494. The predicted octanol–water partition coefficient (Wildman–Crippen LogP) is 0.379. The molecule has 0 saturated carbocycles. The van der Waals surface area contributed by atoms with Gasteiger partial charge >= 0.3 is 11.9 Å². The largest absolute Gasteiger partial charge is 0.421 e. The predicted molar refractivity (Wildman–Crippen MR) is 35.4 cm³/mol. The van der Waals surface area contributed by atoms with Crippen LogP contribution in [-0.2, 0) is 19.1 Å². The van der Waals surface area contributed by atoms with Gasteiger partial charge in [-0.3, -0.25) is 4.79 Å². The second-order valence-corrected chi connectivity index (χ2v) is 2.27. The zero-order chi connectivity index (χ0) is 8.43. The van der Waals surface area contributed by atoms with E-state index in [1.165, 1.54) is 13.0 Å². The summed E-state index contributed by atoms with van der Waals surface area (Å²) < 4.78 is 9.25. The van der Waals surface area contributed by atoms with E-state index in [2.05, 4.69) is 9.47 Å². The summed E-state index contributed by atoms with van der Waals surface area (Å²) in [6, 6.07) is 0. The Hall–Kier alpha value is -1.32. The number of carbonyl (C=O) groups is 2. The van der Waals surface area contributed by atoms with E-state index in [-0.39, 0.29) is 0 Å². The van der Waals surface area contributed by atoms with Crippen LogP contribution in [0.1, 0.15) is 13.8 Å². The molecule has 60 valence electrons. The molecule has 0 N–H and O–H groups in total. The molecule has 1 aliphatic rings. The quantitative estimate of drug-likeness (QED) is 0.515. The van der Waals surface area contributed by atoms with Gasteiger partial charge < -0.3 is 9.47 Å². The highest BCUT2D eigenvalue weighted by Crippen LogP contribution is 2.15. The van der Waals surface area contributed by atoms with Crippen LogP contribution in [-0.4, -0.2) is 18.2 Å². The molecule has 4 nitrogen and oxygen atoms in total. The average molecular weight is 156 g/mol. The van der Waals surface area contributed by atoms with Crippen LogP contribution in [0.4, 0.5) is 0 Å². The zero-order valence-electron chi connectivity index (χ0n) is 6.29. The van der Waals surface area contributed by atoms with Gasteiger partial charge in [0.2, 0.25) is 0 Å². The van der Waals surface area contributed by atoms with Gasteiger partial charge in [-0.2, -0.15) is 0 Å². The van der Waals surface area contributed by atoms with Gasteiger partial charge in [-0.25, -0.2) is 4.79 Å². The lowest BCUT2D eigenvalue weighted by atomic mass is 10.3. The fourth-order valence-corrected chi connectivity index (χ4v) is 0.754. The Morgan fingerprint density at radius 3 is 2.73 bits per heavy atom. The van der Waals surface area contributed by atoms with Crippen LogP contribution in [0.3, 0.4) is 0 Å². The van der Waals surface area contributed by atoms with Crippen molar-refractivity contribution < 1.29 is 19.1 Å². The maximum absolute atomic E-state index is 10.6. The molecule has 1 unspecified atom stereocenters. The summed E-state index contributed by atoms with van der Waals surface area (Å²) in [5, 5.41) is 0. The minimum Gasteiger partial charge on any atom is -0.421 e. The number of rotatable bonds is 1. The molecule has 0 aromatic carbocycles. The van der Waals surface area contributed by atoms with E-state index in [0.717, 1.165) is 0 Å². The minimum absolute atomic E-state index is 0.461. The fourth-order valence-electron chi connectivity index (χ4n) is 0.754. The summed E-state index contributed by atoms with van der Waals surface area (Å²) in [5.41, 5.74) is 0.616. The Labute approximate surface area is 63.8 Å². The SMILES string of the molecule is CC(=O)OC1OC(=O)C=C1C. The summed E-state index contributed by atoms with van der Waals surface area (Å²) in [4.78, 5) is 21.0. The van der Waals surface area contributed by atoms with Gasteiger partial charge in [-0.1, -0.05) is 0 Å². The Bertz CT molecular complexity index is 229. The molecular weight excluding hydrogens is 148 g/mol. The van der Waals surface area contributed by atoms with E-state index in [0.29, 0.717) is 5.57 Å². The van der Waals surface area contributed by atoms with Gasteiger partial charge in [0.25, 0.3) is 6.29 Å². The number of hydrogen-bond acceptors (Lipinski definition) is 4. The number of carbonyl (C=O) groups excluding carboxylic acids is 2. The molecule has 1 rings (SSSR count). The van der Waals surface area contributed by atoms with Crippen molar-refractivity contribution in [2.75, 3.05) is 0 Å². The molecule has 11 heavy (non-hydrogen) atoms. The molecule has 0 saturated heterocycles. The first-order valence-electron chi connectivity index (χ1n) is 3.15. The maximum Gasteiger partial charge on any atom is 0.334 e. The maximum atomic E-state index is 10.6. The van der Waals surface area contributed by atoms with Gasteiger partial charge in [0.15, 0.2) is 0 Å². The van der Waals surface area contributed by atoms with Gasteiger partial charge in [0.1, 0.15) is 0 Å². The van der Waals surface area contributed by atoms with Gasteiger partial charge in [0, 0.05) is 18.6 Å². The summed E-state index contributed by atoms with van der Waals surface area (Å²) in [7, 11) is 0. The third kappa shape index (κ3) is 1.80. The molecule has 0 amide bonds. The van der Waals surface area contributed by atoms with E-state index in [4.69, 9.17) is 0 Å². The third-order valence-electron chi connectivity index (χ3n) is 1.21. The molecule has 0 bridgehead atoms. The highest BCUT2D eigenvalue weighted by atomic mass is 16.7. The van der Waals surface area contributed by atoms with E-state index in [1.54, 1.807) is 6.92 Å². The molecule has 4 heteroatoms. The zero-order valence-corrected chi connectivity index (χ0v) is 6.29. The second-order valence-electron chi connectivity index (χ2n) is 2.27. The molecule has 1 heterocycles. The number of hydrogen-bond donors (Lipinski definition) is 0. The van der Waals surface area contributed by atoms with Gasteiger partial charge in [-0.05, 0) is 6.92 Å². The standard InChI is InChI=1S/C7H8O4/c1-4-3-6(9)11-7(4)10-5(2)8/h3,7H,1-2H3. The summed E-state index contributed by atoms with van der Waals surface area (Å²) in [6.45, 7) is 2.93. The lowest BCUT2D eigenvalue weighted by molar-refractivity contribution is -0.172. The monoisotopic (exact) mass is 156 g/mol. The van der Waals surface area contributed by atoms with E-state index in [1.807, 2.05) is 0 Å². The Morgan fingerprint density at radius 1 is 1.73 bits per heavy atom. The second kappa shape index (κ2) is 2.74. The third-order valence-corrected chi connectivity index (χ3v) is 1.21. The molecule has 0 spiro atoms. The lowest BCUT2D eigenvalue weighted by Gasteiger charge is -2.10. The molecular formula is C7H8O4. The Balaban J connectivity index is 2.57. The molecule has 0 aromatic heterocycles. The highest BCUT2D eigenvalue weighted by molar-refractivity contribution is 5.85. The van der Waals surface area contributed by atoms with Crippen molar-refractivity contribution in [3.63, 3.8) is 0 Å². The van der Waals surface area contributed by atoms with Gasteiger partial charge in [-0.15, -0.1) is 0 Å². The first-order valence-corrected chi connectivity index (χ1v) is 3.15. The van der Waals surface area contributed by atoms with Gasteiger partial charge in [0.05, 0.1) is 0 Å². The minimum atomic E-state index is -0.806. The molecule has 1 aliphatic heterocycles. The average Bonchev–Trinajstić information content (AvgIpc) is 2.09. The van der Waals surface area contributed by atoms with Crippen molar-refractivity contribution in [1.29, 1.82) is 0 Å². The van der Waals surface area contributed by atoms with Crippen LogP contribution in [0, 0.1) is 0 Å². The fraction of sp³-hybridized carbons (Fsp3) is 0.429. The van der Waals surface area contributed by atoms with Crippen LogP contribution >= 0.6 is 0 Å². The molecule has 1 atom stereocenters. The lowest BCUT2D eigenvalue weighted by Crippen LogP contribution is -2.17. The van der Waals surface area contributed by atoms with Crippen molar-refractivity contribution in [1.82, 2.24) is 0 Å². The van der Waals surface area contributed by atoms with Crippen LogP contribution in [0.2, 0.25) is 0 Å². The first kappa shape index (κ1) is 7.78. The topological polar surface area (TPSA) is 52.6 Å². The highest BCUT2D eigenvalue weighted by Gasteiger charge is 2.24. The van der Waals surface area contributed by atoms with Crippen molar-refractivity contribution >= 4 is 11.9 Å². The Kier molecular flexibility index (Phi) is 1.94. The number of cyclic esters (lactones) is 1. The normalized spacial score (nSPS) is 22.5. The van der Waals surface area contributed by atoms with E-state index >= 15 is 0 Å². The number of ether oxygens (including phenoxy) is 2. The Morgan fingerprint density at radius 2 is 2.36 bits per heavy atom. The molecule has 0 aromatic rings. The van der Waals surface area contributed by atoms with E-state index < -0.39 is 18.2 Å². The van der Waals surface area contributed by atoms with Crippen molar-refractivity contribution in [2.24, 2.45) is 0 Å². The smallest absolute Gasteiger partial charge is 0.334 e. The van der Waals surface area contributed by atoms with Crippen LogP contribution in [0.5, 0.6) is 0 Å². The van der Waals surface area contributed by atoms with Crippen LogP contribution in [0.15, 0.2) is 11.6 Å². The van der Waals surface area contributed by atoms with Crippen molar-refractivity contribution in [3.05, 3.63) is 11.6 Å². The van der Waals surface area contributed by atoms with Crippen molar-refractivity contribution in [3.8, 4) is 0 Å². The van der Waals surface area contributed by atoms with Crippen LogP contribution < -0.4 is 0 Å². The van der Waals surface area contributed by atoms with Crippen molar-refractivity contribution in [2.45, 2.75) is 20.1 Å². The summed E-state index contributed by atoms with van der Waals surface area (Å²) in [5.74, 6) is -0.925. The van der Waals surface area contributed by atoms with Crippen LogP contribution in [0.25, 0.3) is 0 Å². The molecule has 0 fully saturated rings. The number of esters is 2. The molecule has 0 aliphatic carbocycles. The summed E-state index contributed by atoms with van der Waals surface area (Å²) >= 11 is 0. The first-order chi connectivity index (χ1) is 5.09.